The van der Waals surface area contributed by atoms with Crippen molar-refractivity contribution in [3.05, 3.63) is 104 Å². The summed E-state index contributed by atoms with van der Waals surface area (Å²) < 4.78 is 41.3. The number of halogens is 6. The molecule has 10 heteroatoms. The van der Waals surface area contributed by atoms with Crippen LogP contribution in [0.15, 0.2) is 60.7 Å². The van der Waals surface area contributed by atoms with Crippen LogP contribution in [0, 0.1) is 0 Å². The van der Waals surface area contributed by atoms with Gasteiger partial charge in [-0.2, -0.15) is 13.2 Å². The number of imide groups is 1. The van der Waals surface area contributed by atoms with E-state index in [4.69, 9.17) is 42.6 Å². The minimum atomic E-state index is -4.62. The Hall–Kier alpha value is -2.74. The van der Waals surface area contributed by atoms with Crippen LogP contribution < -0.4 is 5.46 Å². The van der Waals surface area contributed by atoms with Gasteiger partial charge in [0.15, 0.2) is 0 Å². The average Bonchev–Trinajstić information content (AvgIpc) is 3.03. The molecule has 1 heterocycles. The van der Waals surface area contributed by atoms with Gasteiger partial charge in [0.05, 0.1) is 38.7 Å². The number of carbonyl (C=O) groups excluding carboxylic acids is 2. The second kappa shape index (κ2) is 9.73. The first-order chi connectivity index (χ1) is 16.5. The van der Waals surface area contributed by atoms with Gasteiger partial charge in [-0.1, -0.05) is 82.7 Å². The lowest BCUT2D eigenvalue weighted by Crippen LogP contribution is -2.31. The summed E-state index contributed by atoms with van der Waals surface area (Å²) in [6.07, 6.45) is -2.38. The van der Waals surface area contributed by atoms with Gasteiger partial charge in [-0.25, -0.2) is 0 Å². The minimum Gasteiger partial charge on any atom is -0.270 e. The second-order valence-corrected chi connectivity index (χ2v) is 9.07. The summed E-state index contributed by atoms with van der Waals surface area (Å²) in [5.41, 5.74) is 1.58. The number of amides is 2. The molecule has 0 N–H and O–H groups in total. The summed E-state index contributed by atoms with van der Waals surface area (Å²) in [5.74, 6) is -2.85. The summed E-state index contributed by atoms with van der Waals surface area (Å²) in [6.45, 7) is -0.0604. The van der Waals surface area contributed by atoms with E-state index in [-0.39, 0.29) is 32.6 Å². The summed E-state index contributed by atoms with van der Waals surface area (Å²) in [4.78, 5) is 26.3. The van der Waals surface area contributed by atoms with Gasteiger partial charge in [-0.3, -0.25) is 14.5 Å². The first-order valence-electron chi connectivity index (χ1n) is 10.2. The van der Waals surface area contributed by atoms with Crippen LogP contribution >= 0.6 is 34.8 Å². The van der Waals surface area contributed by atoms with E-state index < -0.39 is 23.9 Å². The maximum absolute atomic E-state index is 13.8. The molecule has 4 rings (SSSR count). The fourth-order valence-electron chi connectivity index (χ4n) is 3.79. The second-order valence-electron chi connectivity index (χ2n) is 7.88. The SMILES string of the molecule is [B]c1cc(/C=C/C(c2cc(Cl)c(Cl)c(Cl)c2)C(F)(F)F)ccc1CN1C(=O)c2ccccc2C1=O. The van der Waals surface area contributed by atoms with Crippen molar-refractivity contribution in [3.8, 4) is 0 Å². The molecule has 0 saturated carbocycles. The van der Waals surface area contributed by atoms with Crippen molar-refractivity contribution < 1.29 is 22.8 Å². The highest BCUT2D eigenvalue weighted by molar-refractivity contribution is 6.48. The largest absolute Gasteiger partial charge is 0.399 e. The monoisotopic (exact) mass is 533 g/mol. The molecule has 3 aromatic carbocycles. The molecule has 176 valence electrons. The Morgan fingerprint density at radius 2 is 1.49 bits per heavy atom. The van der Waals surface area contributed by atoms with Crippen LogP contribution in [0.25, 0.3) is 6.08 Å². The summed E-state index contributed by atoms with van der Waals surface area (Å²) in [5, 5.41) is -0.194. The van der Waals surface area contributed by atoms with E-state index in [9.17, 15) is 22.8 Å². The summed E-state index contributed by atoms with van der Waals surface area (Å²) >= 11 is 17.7. The van der Waals surface area contributed by atoms with E-state index in [2.05, 4.69) is 0 Å². The molecule has 1 atom stereocenters. The van der Waals surface area contributed by atoms with Crippen molar-refractivity contribution in [2.75, 3.05) is 0 Å². The number of benzene rings is 3. The van der Waals surface area contributed by atoms with Crippen molar-refractivity contribution in [2.24, 2.45) is 0 Å². The number of rotatable bonds is 5. The molecule has 0 aromatic heterocycles. The van der Waals surface area contributed by atoms with Gasteiger partial charge in [0.1, 0.15) is 7.85 Å². The zero-order valence-corrected chi connectivity index (χ0v) is 20.0. The Bertz CT molecular complexity index is 1320. The number of allylic oxidation sites excluding steroid dienone is 1. The fraction of sp³-hybridized carbons (Fsp3) is 0.120. The lowest BCUT2D eigenvalue weighted by atomic mass is 9.88. The molecule has 1 aliphatic rings. The molecule has 35 heavy (non-hydrogen) atoms. The number of hydrogen-bond acceptors (Lipinski definition) is 2. The van der Waals surface area contributed by atoms with Crippen LogP contribution in [0.3, 0.4) is 0 Å². The molecule has 1 aliphatic heterocycles. The Morgan fingerprint density at radius 3 is 2.00 bits per heavy atom. The zero-order chi connectivity index (χ0) is 25.5. The predicted molar refractivity (Wildman–Crippen MR) is 132 cm³/mol. The van der Waals surface area contributed by atoms with Crippen LogP contribution in [-0.4, -0.2) is 30.7 Å². The van der Waals surface area contributed by atoms with Crippen molar-refractivity contribution in [1.82, 2.24) is 4.90 Å². The highest BCUT2D eigenvalue weighted by Crippen LogP contribution is 2.41. The summed E-state index contributed by atoms with van der Waals surface area (Å²) in [6, 6.07) is 13.3. The molecule has 0 aliphatic carbocycles. The van der Waals surface area contributed by atoms with Crippen LogP contribution in [0.2, 0.25) is 15.1 Å². The van der Waals surface area contributed by atoms with E-state index in [0.29, 0.717) is 22.3 Å². The van der Waals surface area contributed by atoms with Gasteiger partial charge in [-0.05, 0) is 41.0 Å². The Labute approximate surface area is 215 Å². The molecular formula is C25H14BCl3F3NO2. The minimum absolute atomic E-state index is 0.0246. The maximum Gasteiger partial charge on any atom is 0.399 e. The van der Waals surface area contributed by atoms with Crippen molar-refractivity contribution >= 4 is 66.0 Å². The quantitative estimate of drug-likeness (QED) is 0.210. The van der Waals surface area contributed by atoms with E-state index in [1.165, 1.54) is 12.1 Å². The molecule has 2 radical (unpaired) electrons. The number of fused-ring (bicyclic) bond motifs is 1. The Kier molecular flexibility index (Phi) is 7.05. The van der Waals surface area contributed by atoms with Gasteiger partial charge in [-0.15, -0.1) is 0 Å². The number of carbonyl (C=O) groups is 2. The number of alkyl halides is 3. The summed E-state index contributed by atoms with van der Waals surface area (Å²) in [7, 11) is 6.10. The molecule has 3 nitrogen and oxygen atoms in total. The molecule has 1 unspecified atom stereocenters. The first-order valence-corrected chi connectivity index (χ1v) is 11.3. The van der Waals surface area contributed by atoms with Gasteiger partial charge in [0.2, 0.25) is 0 Å². The maximum atomic E-state index is 13.8. The Balaban J connectivity index is 1.57. The van der Waals surface area contributed by atoms with Crippen molar-refractivity contribution in [2.45, 2.75) is 18.6 Å². The predicted octanol–water partition coefficient (Wildman–Crippen LogP) is 6.60. The third-order valence-corrected chi connectivity index (χ3v) is 6.77. The van der Waals surface area contributed by atoms with Gasteiger partial charge >= 0.3 is 6.18 Å². The van der Waals surface area contributed by atoms with E-state index in [1.807, 2.05) is 0 Å². The number of nitrogens with zero attached hydrogens (tertiary/aromatic N) is 1. The lowest BCUT2D eigenvalue weighted by Gasteiger charge is -2.19. The highest BCUT2D eigenvalue weighted by atomic mass is 35.5. The molecule has 0 fully saturated rings. The van der Waals surface area contributed by atoms with Crippen LogP contribution in [0.5, 0.6) is 0 Å². The topological polar surface area (TPSA) is 37.4 Å². The standard InChI is InChI=1S/C25H14BCl3F3NO2/c26-19-9-13(6-8-18(25(30,31)32)15-10-20(27)22(29)21(28)11-15)5-7-14(19)12-33-23(34)16-3-1-2-4-17(16)24(33)35/h1-11,18H,12H2/b8-6+. The van der Waals surface area contributed by atoms with Crippen LogP contribution in [-0.2, 0) is 6.54 Å². The first kappa shape index (κ1) is 25.4. The van der Waals surface area contributed by atoms with E-state index >= 15 is 0 Å². The van der Waals surface area contributed by atoms with Gasteiger partial charge in [0.25, 0.3) is 11.8 Å². The molecular weight excluding hydrogens is 520 g/mol. The van der Waals surface area contributed by atoms with Crippen molar-refractivity contribution in [1.29, 1.82) is 0 Å². The van der Waals surface area contributed by atoms with E-state index in [0.717, 1.165) is 23.1 Å². The molecule has 3 aromatic rings. The lowest BCUT2D eigenvalue weighted by molar-refractivity contribution is -0.139. The van der Waals surface area contributed by atoms with Gasteiger partial charge in [0, 0.05) is 0 Å². The average molecular weight is 535 g/mol. The van der Waals surface area contributed by atoms with Crippen LogP contribution in [0.1, 0.15) is 43.3 Å². The third-order valence-electron chi connectivity index (χ3n) is 5.58. The number of hydrogen-bond donors (Lipinski definition) is 0. The Morgan fingerprint density at radius 1 is 0.914 bits per heavy atom. The molecule has 0 spiro atoms. The zero-order valence-electron chi connectivity index (χ0n) is 17.7. The normalized spacial score (nSPS) is 14.6. The molecule has 0 saturated heterocycles. The molecule has 0 bridgehead atoms. The fourth-order valence-corrected chi connectivity index (χ4v) is 4.40. The smallest absolute Gasteiger partial charge is 0.270 e. The van der Waals surface area contributed by atoms with Gasteiger partial charge < -0.3 is 0 Å². The van der Waals surface area contributed by atoms with Crippen molar-refractivity contribution in [3.63, 3.8) is 0 Å². The molecule has 2 amide bonds. The highest BCUT2D eigenvalue weighted by Gasteiger charge is 2.39. The van der Waals surface area contributed by atoms with E-state index in [1.54, 1.807) is 36.4 Å². The third kappa shape index (κ3) is 5.13. The van der Waals surface area contributed by atoms with Crippen LogP contribution in [0.4, 0.5) is 13.2 Å².